The number of fused-ring (bicyclic) bond motifs is 2. The van der Waals surface area contributed by atoms with E-state index in [1.165, 1.54) is 6.08 Å². The summed E-state index contributed by atoms with van der Waals surface area (Å²) in [6.07, 6.45) is -8.49. The minimum atomic E-state index is -5.70. The Morgan fingerprint density at radius 3 is 1.89 bits per heavy atom. The zero-order chi connectivity index (χ0) is 14.5. The van der Waals surface area contributed by atoms with Crippen LogP contribution in [0.4, 0.5) is 26.3 Å². The van der Waals surface area contributed by atoms with Crippen LogP contribution in [0.3, 0.4) is 0 Å². The SMILES string of the molecule is O=COC(C1CC2C=CC1C2)(C(F)(F)F)C(F)(F)F. The number of halogens is 6. The molecule has 3 unspecified atom stereocenters. The van der Waals surface area contributed by atoms with Gasteiger partial charge in [0, 0.05) is 5.92 Å². The van der Waals surface area contributed by atoms with E-state index in [1.807, 2.05) is 0 Å². The van der Waals surface area contributed by atoms with Gasteiger partial charge in [0.25, 0.3) is 6.47 Å². The molecule has 0 radical (unpaired) electrons. The van der Waals surface area contributed by atoms with Gasteiger partial charge in [0.05, 0.1) is 0 Å². The van der Waals surface area contributed by atoms with Gasteiger partial charge in [-0.25, -0.2) is 0 Å². The van der Waals surface area contributed by atoms with Crippen molar-refractivity contribution in [3.05, 3.63) is 12.2 Å². The Bertz CT molecular complexity index is 383. The molecule has 2 nitrogen and oxygen atoms in total. The largest absolute Gasteiger partial charge is 0.441 e. The molecule has 0 aromatic carbocycles. The standard InChI is InChI=1S/C11H10F6O2/c12-10(13,14)9(19-5-18,11(15,16)17)8-4-6-1-2-7(8)3-6/h1-2,5-8H,3-4H2. The van der Waals surface area contributed by atoms with Crippen molar-refractivity contribution in [3.63, 3.8) is 0 Å². The smallest absolute Gasteiger partial charge is 0.437 e. The van der Waals surface area contributed by atoms with Crippen LogP contribution in [0, 0.1) is 17.8 Å². The Hall–Kier alpha value is -1.21. The summed E-state index contributed by atoms with van der Waals surface area (Å²) in [7, 11) is 0. The van der Waals surface area contributed by atoms with Crippen LogP contribution in [0.15, 0.2) is 12.2 Å². The first-order valence-corrected chi connectivity index (χ1v) is 5.56. The van der Waals surface area contributed by atoms with Crippen molar-refractivity contribution in [2.24, 2.45) is 17.8 Å². The number of alkyl halides is 6. The molecule has 0 aromatic heterocycles. The topological polar surface area (TPSA) is 26.3 Å². The van der Waals surface area contributed by atoms with E-state index in [9.17, 15) is 31.1 Å². The molecule has 3 atom stereocenters. The Morgan fingerprint density at radius 2 is 1.58 bits per heavy atom. The molecule has 0 aliphatic heterocycles. The van der Waals surface area contributed by atoms with Crippen molar-refractivity contribution in [3.8, 4) is 0 Å². The molecule has 8 heteroatoms. The maximum Gasteiger partial charge on any atom is 0.437 e. The van der Waals surface area contributed by atoms with Crippen LogP contribution >= 0.6 is 0 Å². The lowest BCUT2D eigenvalue weighted by molar-refractivity contribution is -0.385. The van der Waals surface area contributed by atoms with Gasteiger partial charge in [-0.15, -0.1) is 0 Å². The van der Waals surface area contributed by atoms with Crippen LogP contribution in [-0.2, 0) is 9.53 Å². The van der Waals surface area contributed by atoms with Gasteiger partial charge in [0.15, 0.2) is 0 Å². The Balaban J connectivity index is 2.49. The van der Waals surface area contributed by atoms with Gasteiger partial charge in [0.2, 0.25) is 0 Å². The summed E-state index contributed by atoms with van der Waals surface area (Å²) in [5.74, 6) is -2.99. The second-order valence-corrected chi connectivity index (χ2v) is 4.83. The Labute approximate surface area is 104 Å². The van der Waals surface area contributed by atoms with Crippen LogP contribution in [0.25, 0.3) is 0 Å². The highest BCUT2D eigenvalue weighted by Gasteiger charge is 2.78. The number of carbonyl (C=O) groups is 1. The van der Waals surface area contributed by atoms with E-state index in [-0.39, 0.29) is 18.8 Å². The van der Waals surface area contributed by atoms with Crippen molar-refractivity contribution >= 4 is 6.47 Å². The van der Waals surface area contributed by atoms with Crippen LogP contribution in [0.2, 0.25) is 0 Å². The quantitative estimate of drug-likeness (QED) is 0.453. The molecule has 2 aliphatic rings. The lowest BCUT2D eigenvalue weighted by Gasteiger charge is -2.41. The van der Waals surface area contributed by atoms with Crippen molar-refractivity contribution in [1.29, 1.82) is 0 Å². The predicted molar refractivity (Wildman–Crippen MR) is 50.8 cm³/mol. The second-order valence-electron chi connectivity index (χ2n) is 4.83. The molecule has 0 heterocycles. The fourth-order valence-electron chi connectivity index (χ4n) is 3.13. The highest BCUT2D eigenvalue weighted by atomic mass is 19.4. The molecular weight excluding hydrogens is 278 g/mol. The molecule has 0 aromatic rings. The molecule has 2 aliphatic carbocycles. The van der Waals surface area contributed by atoms with E-state index >= 15 is 0 Å². The van der Waals surface area contributed by atoms with Crippen LogP contribution < -0.4 is 0 Å². The summed E-state index contributed by atoms with van der Waals surface area (Å²) in [6.45, 7) is -0.767. The molecule has 0 saturated heterocycles. The van der Waals surface area contributed by atoms with E-state index in [1.54, 1.807) is 6.08 Å². The minimum absolute atomic E-state index is 0.237. The van der Waals surface area contributed by atoms with Gasteiger partial charge in [0.1, 0.15) is 0 Å². The van der Waals surface area contributed by atoms with Gasteiger partial charge >= 0.3 is 18.0 Å². The van der Waals surface area contributed by atoms with Crippen molar-refractivity contribution in [2.75, 3.05) is 0 Å². The van der Waals surface area contributed by atoms with E-state index in [4.69, 9.17) is 0 Å². The van der Waals surface area contributed by atoms with E-state index in [0.717, 1.165) is 0 Å². The molecule has 1 fully saturated rings. The summed E-state index contributed by atoms with van der Waals surface area (Å²) < 4.78 is 81.7. The zero-order valence-corrected chi connectivity index (χ0v) is 9.46. The molecule has 19 heavy (non-hydrogen) atoms. The zero-order valence-electron chi connectivity index (χ0n) is 9.46. The van der Waals surface area contributed by atoms with Gasteiger partial charge in [-0.1, -0.05) is 12.2 Å². The third-order valence-corrected chi connectivity index (χ3v) is 3.88. The first-order chi connectivity index (χ1) is 8.63. The highest BCUT2D eigenvalue weighted by Crippen LogP contribution is 2.59. The van der Waals surface area contributed by atoms with Crippen LogP contribution in [0.5, 0.6) is 0 Å². The van der Waals surface area contributed by atoms with Crippen molar-refractivity contribution in [2.45, 2.75) is 30.8 Å². The molecule has 1 saturated carbocycles. The number of rotatable bonds is 3. The van der Waals surface area contributed by atoms with Gasteiger partial charge in [-0.3, -0.25) is 4.79 Å². The molecule has 2 rings (SSSR count). The third-order valence-electron chi connectivity index (χ3n) is 3.88. The summed E-state index contributed by atoms with van der Waals surface area (Å²) in [5, 5.41) is 0. The molecular formula is C11H10F6O2. The fourth-order valence-corrected chi connectivity index (χ4v) is 3.13. The normalized spacial score (nSPS) is 30.7. The number of ether oxygens (including phenoxy) is 1. The van der Waals surface area contributed by atoms with E-state index in [0.29, 0.717) is 0 Å². The predicted octanol–water partition coefficient (Wildman–Crippen LogP) is 3.24. The molecule has 108 valence electrons. The molecule has 0 spiro atoms. The maximum absolute atomic E-state index is 13.0. The summed E-state index contributed by atoms with van der Waals surface area (Å²) in [4.78, 5) is 10.2. The van der Waals surface area contributed by atoms with Crippen molar-refractivity contribution in [1.82, 2.24) is 0 Å². The van der Waals surface area contributed by atoms with Crippen molar-refractivity contribution < 1.29 is 35.9 Å². The summed E-state index contributed by atoms with van der Waals surface area (Å²) in [5.41, 5.74) is -4.41. The molecule has 2 bridgehead atoms. The fraction of sp³-hybridized carbons (Fsp3) is 0.727. The van der Waals surface area contributed by atoms with Crippen LogP contribution in [0.1, 0.15) is 12.8 Å². The highest BCUT2D eigenvalue weighted by molar-refractivity contribution is 5.40. The monoisotopic (exact) mass is 288 g/mol. The first-order valence-electron chi connectivity index (χ1n) is 5.56. The first kappa shape index (κ1) is 14.2. The molecule has 0 amide bonds. The average molecular weight is 288 g/mol. The Morgan fingerprint density at radius 1 is 1.00 bits per heavy atom. The molecule has 0 N–H and O–H groups in total. The van der Waals surface area contributed by atoms with Gasteiger partial charge in [-0.2, -0.15) is 26.3 Å². The van der Waals surface area contributed by atoms with Gasteiger partial charge in [-0.05, 0) is 24.7 Å². The summed E-state index contributed by atoms with van der Waals surface area (Å²) in [6, 6.07) is 0. The lowest BCUT2D eigenvalue weighted by Crippen LogP contribution is -2.64. The Kier molecular flexibility index (Phi) is 3.10. The maximum atomic E-state index is 13.0. The second kappa shape index (κ2) is 4.14. The number of hydrogen-bond donors (Lipinski definition) is 0. The number of hydrogen-bond acceptors (Lipinski definition) is 2. The van der Waals surface area contributed by atoms with Crippen LogP contribution in [-0.4, -0.2) is 24.4 Å². The van der Waals surface area contributed by atoms with E-state index < -0.39 is 36.3 Å². The van der Waals surface area contributed by atoms with Gasteiger partial charge < -0.3 is 4.74 Å². The third kappa shape index (κ3) is 1.92. The number of allylic oxidation sites excluding steroid dienone is 2. The average Bonchev–Trinajstić information content (AvgIpc) is 2.83. The minimum Gasteiger partial charge on any atom is -0.441 e. The lowest BCUT2D eigenvalue weighted by atomic mass is 9.77. The van der Waals surface area contributed by atoms with E-state index in [2.05, 4.69) is 4.74 Å². The number of carbonyl (C=O) groups excluding carboxylic acids is 1. The summed E-state index contributed by atoms with van der Waals surface area (Å²) >= 11 is 0.